The summed E-state index contributed by atoms with van der Waals surface area (Å²) in [6.45, 7) is 6.74. The van der Waals surface area contributed by atoms with Crippen LogP contribution in [-0.4, -0.2) is 17.5 Å². The Morgan fingerprint density at radius 3 is 3.00 bits per heavy atom. The summed E-state index contributed by atoms with van der Waals surface area (Å²) in [6.07, 6.45) is 9.00. The highest BCUT2D eigenvalue weighted by molar-refractivity contribution is 6.17. The zero-order valence-electron chi connectivity index (χ0n) is 9.21. The Labute approximate surface area is 96.8 Å². The van der Waals surface area contributed by atoms with Crippen molar-refractivity contribution in [2.45, 2.75) is 26.2 Å². The van der Waals surface area contributed by atoms with E-state index in [-0.39, 0.29) is 0 Å². The van der Waals surface area contributed by atoms with Gasteiger partial charge in [0.05, 0.1) is 6.54 Å². The van der Waals surface area contributed by atoms with Crippen molar-refractivity contribution in [2.75, 3.05) is 12.4 Å². The molecule has 0 unspecified atom stereocenters. The largest absolute Gasteiger partial charge is 0.385 e. The molecule has 0 bridgehead atoms. The van der Waals surface area contributed by atoms with Crippen LogP contribution in [0.15, 0.2) is 36.3 Å². The smallest absolute Gasteiger partial charge is 0.125 e. The third-order valence-corrected chi connectivity index (χ3v) is 2.45. The third kappa shape index (κ3) is 4.93. The van der Waals surface area contributed by atoms with Gasteiger partial charge in [0.2, 0.25) is 0 Å². The molecule has 84 valence electrons. The number of nitrogens with zero attached hydrogens (tertiary/aromatic N) is 1. The van der Waals surface area contributed by atoms with Gasteiger partial charge in [-0.25, -0.2) is 5.06 Å². The zero-order chi connectivity index (χ0) is 11.1. The Morgan fingerprint density at radius 1 is 1.60 bits per heavy atom. The summed E-state index contributed by atoms with van der Waals surface area (Å²) in [5.74, 6) is 1.51. The number of hydrogen-bond acceptors (Lipinski definition) is 2. The lowest BCUT2D eigenvalue weighted by molar-refractivity contribution is -0.0703. The Bertz CT molecular complexity index is 271. The van der Waals surface area contributed by atoms with Crippen LogP contribution in [0.25, 0.3) is 0 Å². The van der Waals surface area contributed by atoms with Gasteiger partial charge < -0.3 is 4.84 Å². The summed E-state index contributed by atoms with van der Waals surface area (Å²) >= 11 is 5.59. The maximum atomic E-state index is 5.59. The second-order valence-corrected chi connectivity index (χ2v) is 4.02. The van der Waals surface area contributed by atoms with Crippen LogP contribution in [0.2, 0.25) is 0 Å². The van der Waals surface area contributed by atoms with Gasteiger partial charge in [-0.15, -0.1) is 11.6 Å². The fraction of sp³-hybridized carbons (Fsp3) is 0.500. The Morgan fingerprint density at radius 2 is 2.40 bits per heavy atom. The number of halogens is 1. The summed E-state index contributed by atoms with van der Waals surface area (Å²) in [5.41, 5.74) is 1.27. The summed E-state index contributed by atoms with van der Waals surface area (Å²) < 4.78 is 0. The quantitative estimate of drug-likeness (QED) is 0.391. The third-order valence-electron chi connectivity index (χ3n) is 2.18. The SMILES string of the molecule is C=C(CCCCCl)ON1C=CC(C)=CC1. The first-order valence-electron chi connectivity index (χ1n) is 5.25. The number of unbranched alkanes of at least 4 members (excludes halogenated alkanes) is 1. The van der Waals surface area contributed by atoms with E-state index in [4.69, 9.17) is 16.4 Å². The molecule has 1 heterocycles. The van der Waals surface area contributed by atoms with Crippen molar-refractivity contribution in [3.8, 4) is 0 Å². The van der Waals surface area contributed by atoms with Crippen LogP contribution in [0.4, 0.5) is 0 Å². The first-order chi connectivity index (χ1) is 7.22. The van der Waals surface area contributed by atoms with Crippen LogP contribution in [0.3, 0.4) is 0 Å². The maximum absolute atomic E-state index is 5.59. The molecular formula is C12H18ClNO. The predicted molar refractivity (Wildman–Crippen MR) is 64.4 cm³/mol. The van der Waals surface area contributed by atoms with Crippen molar-refractivity contribution in [3.63, 3.8) is 0 Å². The standard InChI is InChI=1S/C12H18ClNO/c1-11-6-9-14(10-7-11)15-12(2)5-3-4-8-13/h6-7,9H,2-5,8,10H2,1H3. The fourth-order valence-electron chi connectivity index (χ4n) is 1.26. The van der Waals surface area contributed by atoms with Crippen LogP contribution in [0.1, 0.15) is 26.2 Å². The van der Waals surface area contributed by atoms with Crippen molar-refractivity contribution in [1.82, 2.24) is 5.06 Å². The van der Waals surface area contributed by atoms with Crippen LogP contribution in [0.5, 0.6) is 0 Å². The lowest BCUT2D eigenvalue weighted by Gasteiger charge is -2.22. The second-order valence-electron chi connectivity index (χ2n) is 3.64. The summed E-state index contributed by atoms with van der Waals surface area (Å²) in [5, 5.41) is 1.79. The van der Waals surface area contributed by atoms with Crippen molar-refractivity contribution in [3.05, 3.63) is 36.3 Å². The summed E-state index contributed by atoms with van der Waals surface area (Å²) in [6, 6.07) is 0. The van der Waals surface area contributed by atoms with Crippen LogP contribution in [0, 0.1) is 0 Å². The summed E-state index contributed by atoms with van der Waals surface area (Å²) in [4.78, 5) is 5.55. The van der Waals surface area contributed by atoms with Gasteiger partial charge in [-0.05, 0) is 25.8 Å². The highest BCUT2D eigenvalue weighted by Gasteiger charge is 2.04. The highest BCUT2D eigenvalue weighted by Crippen LogP contribution is 2.13. The van der Waals surface area contributed by atoms with Crippen molar-refractivity contribution >= 4 is 11.6 Å². The first kappa shape index (κ1) is 12.2. The van der Waals surface area contributed by atoms with Crippen LogP contribution in [-0.2, 0) is 4.84 Å². The minimum Gasteiger partial charge on any atom is -0.385 e. The molecule has 1 rings (SSSR count). The molecule has 0 radical (unpaired) electrons. The van der Waals surface area contributed by atoms with Gasteiger partial charge in [-0.1, -0.05) is 18.2 Å². The molecule has 0 aromatic rings. The number of hydroxylamine groups is 2. The number of rotatable bonds is 6. The van der Waals surface area contributed by atoms with Crippen molar-refractivity contribution in [1.29, 1.82) is 0 Å². The Balaban J connectivity index is 2.19. The van der Waals surface area contributed by atoms with Gasteiger partial charge in [0.1, 0.15) is 5.76 Å². The fourth-order valence-corrected chi connectivity index (χ4v) is 1.45. The molecule has 0 aliphatic carbocycles. The van der Waals surface area contributed by atoms with E-state index in [0.717, 1.165) is 31.6 Å². The minimum atomic E-state index is 0.707. The number of hydrogen-bond donors (Lipinski definition) is 0. The average Bonchev–Trinajstić information content (AvgIpc) is 2.22. The van der Waals surface area contributed by atoms with Gasteiger partial charge in [-0.3, -0.25) is 0 Å². The maximum Gasteiger partial charge on any atom is 0.125 e. The van der Waals surface area contributed by atoms with E-state index in [1.165, 1.54) is 5.57 Å². The van der Waals surface area contributed by atoms with Gasteiger partial charge in [-0.2, -0.15) is 0 Å². The molecule has 0 fully saturated rings. The lowest BCUT2D eigenvalue weighted by atomic mass is 10.2. The normalized spacial score (nSPS) is 15.1. The zero-order valence-corrected chi connectivity index (χ0v) is 9.96. The molecule has 15 heavy (non-hydrogen) atoms. The Kier molecular flexibility index (Phi) is 5.33. The lowest BCUT2D eigenvalue weighted by Crippen LogP contribution is -2.19. The minimum absolute atomic E-state index is 0.707. The first-order valence-corrected chi connectivity index (χ1v) is 5.79. The van der Waals surface area contributed by atoms with E-state index >= 15 is 0 Å². The predicted octanol–water partition coefficient (Wildman–Crippen LogP) is 3.62. The molecule has 0 atom stereocenters. The van der Waals surface area contributed by atoms with Crippen molar-refractivity contribution in [2.24, 2.45) is 0 Å². The van der Waals surface area contributed by atoms with E-state index in [1.807, 2.05) is 12.3 Å². The number of allylic oxidation sites excluding steroid dienone is 3. The number of alkyl halides is 1. The molecule has 0 N–H and O–H groups in total. The van der Waals surface area contributed by atoms with Gasteiger partial charge in [0.25, 0.3) is 0 Å². The van der Waals surface area contributed by atoms with Crippen LogP contribution < -0.4 is 0 Å². The van der Waals surface area contributed by atoms with E-state index in [0.29, 0.717) is 5.88 Å². The molecular weight excluding hydrogens is 210 g/mol. The molecule has 0 saturated heterocycles. The van der Waals surface area contributed by atoms with E-state index in [9.17, 15) is 0 Å². The highest BCUT2D eigenvalue weighted by atomic mass is 35.5. The summed E-state index contributed by atoms with van der Waals surface area (Å²) in [7, 11) is 0. The van der Waals surface area contributed by atoms with Gasteiger partial charge in [0, 0.05) is 18.5 Å². The van der Waals surface area contributed by atoms with Gasteiger partial charge in [0.15, 0.2) is 0 Å². The molecule has 0 spiro atoms. The Hall–Kier alpha value is -0.890. The molecule has 3 heteroatoms. The monoisotopic (exact) mass is 227 g/mol. The van der Waals surface area contributed by atoms with Gasteiger partial charge >= 0.3 is 0 Å². The average molecular weight is 228 g/mol. The molecule has 1 aliphatic heterocycles. The molecule has 0 saturated carbocycles. The van der Waals surface area contributed by atoms with E-state index < -0.39 is 0 Å². The molecule has 0 aromatic heterocycles. The molecule has 0 aromatic carbocycles. The topological polar surface area (TPSA) is 12.5 Å². The van der Waals surface area contributed by atoms with Crippen molar-refractivity contribution < 1.29 is 4.84 Å². The molecule has 2 nitrogen and oxygen atoms in total. The molecule has 0 amide bonds. The van der Waals surface area contributed by atoms with E-state index in [2.05, 4.69) is 19.6 Å². The molecule has 1 aliphatic rings. The van der Waals surface area contributed by atoms with Crippen LogP contribution >= 0.6 is 11.6 Å². The second kappa shape index (κ2) is 6.57. The van der Waals surface area contributed by atoms with E-state index in [1.54, 1.807) is 5.06 Å².